The van der Waals surface area contributed by atoms with E-state index in [4.69, 9.17) is 14.4 Å². The van der Waals surface area contributed by atoms with Gasteiger partial charge in [-0.05, 0) is 47.2 Å². The summed E-state index contributed by atoms with van der Waals surface area (Å²) >= 11 is 1.78. The summed E-state index contributed by atoms with van der Waals surface area (Å²) in [4.78, 5) is 10.5. The lowest BCUT2D eigenvalue weighted by Crippen LogP contribution is -1.93. The average molecular weight is 555 g/mol. The van der Waals surface area contributed by atoms with E-state index in [1.54, 1.807) is 11.3 Å². The van der Waals surface area contributed by atoms with E-state index in [0.717, 1.165) is 65.9 Å². The zero-order valence-corrected chi connectivity index (χ0v) is 23.2. The first-order valence-electron chi connectivity index (χ1n) is 14.0. The molecule has 0 aliphatic rings. The van der Waals surface area contributed by atoms with Crippen LogP contribution in [0.5, 0.6) is 0 Å². The number of hydrogen-bond acceptors (Lipinski definition) is 4. The maximum absolute atomic E-state index is 6.64. The third kappa shape index (κ3) is 3.52. The Hall–Kier alpha value is -5.32. The molecule has 0 bridgehead atoms. The molecule has 9 aromatic rings. The second kappa shape index (κ2) is 9.10. The van der Waals surface area contributed by atoms with Crippen LogP contribution < -0.4 is 0 Å². The van der Waals surface area contributed by atoms with Crippen LogP contribution in [0, 0.1) is 0 Å². The summed E-state index contributed by atoms with van der Waals surface area (Å²) in [5.74, 6) is 0. The highest BCUT2D eigenvalue weighted by Gasteiger charge is 2.21. The van der Waals surface area contributed by atoms with Crippen molar-refractivity contribution in [1.82, 2.24) is 9.97 Å². The van der Waals surface area contributed by atoms with Gasteiger partial charge in [-0.1, -0.05) is 97.1 Å². The number of fused-ring (bicyclic) bond motifs is 8. The van der Waals surface area contributed by atoms with E-state index in [0.29, 0.717) is 0 Å². The van der Waals surface area contributed by atoms with Crippen molar-refractivity contribution in [2.45, 2.75) is 0 Å². The monoisotopic (exact) mass is 554 g/mol. The van der Waals surface area contributed by atoms with Gasteiger partial charge in [0.1, 0.15) is 11.2 Å². The molecule has 0 atom stereocenters. The van der Waals surface area contributed by atoms with E-state index in [1.165, 1.54) is 20.9 Å². The number of rotatable bonds is 3. The van der Waals surface area contributed by atoms with Crippen molar-refractivity contribution in [2.75, 3.05) is 0 Å². The van der Waals surface area contributed by atoms with Gasteiger partial charge in [-0.3, -0.25) is 0 Å². The first kappa shape index (κ1) is 23.4. The van der Waals surface area contributed by atoms with Crippen LogP contribution in [0.1, 0.15) is 0 Å². The summed E-state index contributed by atoms with van der Waals surface area (Å²) in [6.45, 7) is 0. The van der Waals surface area contributed by atoms with Gasteiger partial charge in [-0.15, -0.1) is 11.3 Å². The molecule has 4 aromatic heterocycles. The number of aromatic nitrogens is 2. The second-order valence-electron chi connectivity index (χ2n) is 10.6. The summed E-state index contributed by atoms with van der Waals surface area (Å²) in [5, 5.41) is 7.00. The van der Waals surface area contributed by atoms with Crippen molar-refractivity contribution in [2.24, 2.45) is 0 Å². The van der Waals surface area contributed by atoms with E-state index in [2.05, 4.69) is 103 Å². The molecule has 0 saturated heterocycles. The molecular weight excluding hydrogens is 532 g/mol. The Morgan fingerprint density at radius 3 is 2.17 bits per heavy atom. The Labute approximate surface area is 245 Å². The molecular formula is C38H22N2OS. The quantitative estimate of drug-likeness (QED) is 0.218. The van der Waals surface area contributed by atoms with E-state index < -0.39 is 0 Å². The largest absolute Gasteiger partial charge is 0.455 e. The van der Waals surface area contributed by atoms with Crippen molar-refractivity contribution in [1.29, 1.82) is 0 Å². The molecule has 0 amide bonds. The van der Waals surface area contributed by atoms with Gasteiger partial charge in [-0.2, -0.15) is 0 Å². The fourth-order valence-electron chi connectivity index (χ4n) is 6.14. The topological polar surface area (TPSA) is 38.9 Å². The molecule has 0 saturated carbocycles. The normalized spacial score (nSPS) is 11.8. The number of nitrogens with zero attached hydrogens (tertiary/aromatic N) is 2. The Balaban J connectivity index is 1.40. The second-order valence-corrected chi connectivity index (χ2v) is 11.6. The zero-order chi connectivity index (χ0) is 27.6. The lowest BCUT2D eigenvalue weighted by molar-refractivity contribution is 0.670. The summed E-state index contributed by atoms with van der Waals surface area (Å²) in [5.41, 5.74) is 7.36. The van der Waals surface area contributed by atoms with Gasteiger partial charge in [0.2, 0.25) is 0 Å². The van der Waals surface area contributed by atoms with Crippen LogP contribution in [0.3, 0.4) is 0 Å². The Morgan fingerprint density at radius 1 is 0.524 bits per heavy atom. The fraction of sp³-hybridized carbons (Fsp3) is 0. The predicted octanol–water partition coefficient (Wildman–Crippen LogP) is 10.9. The van der Waals surface area contributed by atoms with Gasteiger partial charge in [0, 0.05) is 37.4 Å². The Kier molecular flexibility index (Phi) is 5.07. The number of pyridine rings is 2. The zero-order valence-electron chi connectivity index (χ0n) is 22.4. The van der Waals surface area contributed by atoms with Gasteiger partial charge in [0.05, 0.1) is 27.5 Å². The van der Waals surface area contributed by atoms with E-state index in [1.807, 2.05) is 30.3 Å². The molecule has 0 spiro atoms. The third-order valence-electron chi connectivity index (χ3n) is 8.07. The van der Waals surface area contributed by atoms with Gasteiger partial charge in [-0.25, -0.2) is 9.97 Å². The van der Waals surface area contributed by atoms with Crippen molar-refractivity contribution >= 4 is 64.2 Å². The highest BCUT2D eigenvalue weighted by Crippen LogP contribution is 2.46. The minimum Gasteiger partial charge on any atom is -0.455 e. The molecule has 0 N–H and O–H groups in total. The van der Waals surface area contributed by atoms with Crippen LogP contribution in [-0.2, 0) is 0 Å². The molecule has 0 unspecified atom stereocenters. The van der Waals surface area contributed by atoms with Gasteiger partial charge < -0.3 is 4.42 Å². The number of thiophene rings is 1. The summed E-state index contributed by atoms with van der Waals surface area (Å²) in [6, 6.07) is 46.4. The van der Waals surface area contributed by atoms with Crippen LogP contribution >= 0.6 is 11.3 Å². The number of benzene rings is 5. The van der Waals surface area contributed by atoms with Gasteiger partial charge in [0.25, 0.3) is 0 Å². The molecule has 0 radical (unpaired) electrons. The molecule has 4 heteroatoms. The summed E-state index contributed by atoms with van der Waals surface area (Å²) in [6.07, 6.45) is 0. The van der Waals surface area contributed by atoms with Crippen LogP contribution in [0.25, 0.3) is 86.8 Å². The van der Waals surface area contributed by atoms with Crippen LogP contribution in [0.4, 0.5) is 0 Å². The lowest BCUT2D eigenvalue weighted by atomic mass is 9.97. The molecule has 3 nitrogen and oxygen atoms in total. The molecule has 9 rings (SSSR count). The molecule has 0 aliphatic carbocycles. The maximum atomic E-state index is 6.64. The smallest absolute Gasteiger partial charge is 0.145 e. The highest BCUT2D eigenvalue weighted by atomic mass is 32.1. The molecule has 42 heavy (non-hydrogen) atoms. The highest BCUT2D eigenvalue weighted by molar-refractivity contribution is 7.26. The minimum atomic E-state index is 0.844. The number of furan rings is 1. The predicted molar refractivity (Wildman–Crippen MR) is 176 cm³/mol. The first-order valence-corrected chi connectivity index (χ1v) is 14.8. The van der Waals surface area contributed by atoms with Gasteiger partial charge >= 0.3 is 0 Å². The SMILES string of the molecule is c1ccc(-c2cccc(-c3cc4c(sc5ccccc54)c(-c4cc5ccccc5c5c4oc4ccccc45)n3)n2)cc1. The standard InChI is InChI=1S/C38H22N2OS/c1-2-11-23(12-3-1)30-17-10-18-31(39-30)32-22-28-26-15-7-9-20-34(26)42-38(28)36(40-32)29-21-24-13-4-5-14-25(24)35-27-16-6-8-19-33(27)41-37(29)35/h1-22H. The third-order valence-corrected chi connectivity index (χ3v) is 9.26. The Morgan fingerprint density at radius 2 is 1.26 bits per heavy atom. The summed E-state index contributed by atoms with van der Waals surface area (Å²) in [7, 11) is 0. The van der Waals surface area contributed by atoms with Crippen molar-refractivity contribution in [3.05, 3.63) is 133 Å². The fourth-order valence-corrected chi connectivity index (χ4v) is 7.32. The van der Waals surface area contributed by atoms with Crippen molar-refractivity contribution in [3.63, 3.8) is 0 Å². The van der Waals surface area contributed by atoms with Crippen molar-refractivity contribution < 1.29 is 4.42 Å². The molecule has 5 aromatic carbocycles. The molecule has 0 aliphatic heterocycles. The number of hydrogen-bond donors (Lipinski definition) is 0. The molecule has 4 heterocycles. The lowest BCUT2D eigenvalue weighted by Gasteiger charge is -2.11. The number of para-hydroxylation sites is 1. The van der Waals surface area contributed by atoms with Gasteiger partial charge in [0.15, 0.2) is 0 Å². The molecule has 196 valence electrons. The Bertz CT molecular complexity index is 2470. The van der Waals surface area contributed by atoms with E-state index in [-0.39, 0.29) is 0 Å². The summed E-state index contributed by atoms with van der Waals surface area (Å²) < 4.78 is 9.03. The van der Waals surface area contributed by atoms with Crippen molar-refractivity contribution in [3.8, 4) is 33.9 Å². The first-order chi connectivity index (χ1) is 20.8. The van der Waals surface area contributed by atoms with E-state index in [9.17, 15) is 0 Å². The van der Waals surface area contributed by atoms with E-state index >= 15 is 0 Å². The minimum absolute atomic E-state index is 0.844. The maximum Gasteiger partial charge on any atom is 0.145 e. The average Bonchev–Trinajstić information content (AvgIpc) is 3.64. The van der Waals surface area contributed by atoms with Crippen LogP contribution in [0.2, 0.25) is 0 Å². The molecule has 0 fully saturated rings. The van der Waals surface area contributed by atoms with Crippen LogP contribution in [0.15, 0.2) is 138 Å². The van der Waals surface area contributed by atoms with Crippen LogP contribution in [-0.4, -0.2) is 9.97 Å².